The molecule has 4 nitrogen and oxygen atoms in total. The Morgan fingerprint density at radius 2 is 2.33 bits per heavy atom. The molecule has 0 heterocycles. The van der Waals surface area contributed by atoms with E-state index in [9.17, 15) is 9.90 Å². The molecular formula is C10H8ClNO3. The summed E-state index contributed by atoms with van der Waals surface area (Å²) in [7, 11) is 1.35. The Labute approximate surface area is 91.7 Å². The molecule has 0 aliphatic heterocycles. The zero-order valence-corrected chi connectivity index (χ0v) is 8.71. The van der Waals surface area contributed by atoms with Crippen molar-refractivity contribution < 1.29 is 14.6 Å². The molecule has 0 saturated heterocycles. The van der Waals surface area contributed by atoms with E-state index in [2.05, 4.69) is 0 Å². The number of methoxy groups -OCH3 is 1. The number of benzene rings is 1. The van der Waals surface area contributed by atoms with Gasteiger partial charge in [-0.1, -0.05) is 0 Å². The fraction of sp³-hybridized carbons (Fsp3) is 0.200. The first-order valence-corrected chi connectivity index (χ1v) is 4.57. The van der Waals surface area contributed by atoms with Gasteiger partial charge in [0.05, 0.1) is 24.1 Å². The summed E-state index contributed by atoms with van der Waals surface area (Å²) in [5.74, 6) is -0.660. The van der Waals surface area contributed by atoms with Crippen LogP contribution in [0.1, 0.15) is 15.9 Å². The SMILES string of the molecule is COc1c(C#N)cc(O)cc1C(=O)CCl. The fourth-order valence-corrected chi connectivity index (χ4v) is 1.34. The first kappa shape index (κ1) is 11.3. The minimum absolute atomic E-state index is 0.103. The smallest absolute Gasteiger partial charge is 0.181 e. The lowest BCUT2D eigenvalue weighted by Crippen LogP contribution is -2.04. The molecule has 1 aromatic rings. The van der Waals surface area contributed by atoms with Crippen LogP contribution in [0.2, 0.25) is 0 Å². The molecule has 0 bridgehead atoms. The molecule has 1 aromatic carbocycles. The second-order valence-electron chi connectivity index (χ2n) is 2.74. The number of rotatable bonds is 3. The Bertz CT molecular complexity index is 437. The van der Waals surface area contributed by atoms with Crippen LogP contribution in [0.4, 0.5) is 0 Å². The van der Waals surface area contributed by atoms with Crippen molar-refractivity contribution in [2.24, 2.45) is 0 Å². The maximum Gasteiger partial charge on any atom is 0.181 e. The second kappa shape index (κ2) is 4.67. The first-order chi connectivity index (χ1) is 7.13. The molecule has 78 valence electrons. The lowest BCUT2D eigenvalue weighted by Gasteiger charge is -2.08. The maximum atomic E-state index is 11.4. The monoisotopic (exact) mass is 225 g/mol. The van der Waals surface area contributed by atoms with E-state index in [1.807, 2.05) is 6.07 Å². The third-order valence-electron chi connectivity index (χ3n) is 1.82. The number of nitriles is 1. The number of hydrogen-bond acceptors (Lipinski definition) is 4. The minimum atomic E-state index is -0.402. The normalized spacial score (nSPS) is 9.40. The van der Waals surface area contributed by atoms with Crippen LogP contribution in [0, 0.1) is 11.3 Å². The number of aromatic hydroxyl groups is 1. The van der Waals surface area contributed by atoms with E-state index in [1.54, 1.807) is 0 Å². The highest BCUT2D eigenvalue weighted by atomic mass is 35.5. The summed E-state index contributed by atoms with van der Waals surface area (Å²) in [6.07, 6.45) is 0. The third-order valence-corrected chi connectivity index (χ3v) is 2.06. The molecule has 1 rings (SSSR count). The van der Waals surface area contributed by atoms with Gasteiger partial charge >= 0.3 is 0 Å². The molecule has 0 saturated carbocycles. The van der Waals surface area contributed by atoms with Crippen molar-refractivity contribution >= 4 is 17.4 Å². The Balaban J connectivity index is 3.43. The zero-order valence-electron chi connectivity index (χ0n) is 7.95. The van der Waals surface area contributed by atoms with Crippen molar-refractivity contribution in [3.8, 4) is 17.6 Å². The quantitative estimate of drug-likeness (QED) is 0.628. The molecule has 0 aliphatic rings. The van der Waals surface area contributed by atoms with Gasteiger partial charge in [0.15, 0.2) is 5.78 Å². The highest BCUT2D eigenvalue weighted by Crippen LogP contribution is 2.28. The summed E-state index contributed by atoms with van der Waals surface area (Å²) in [5, 5.41) is 18.1. The van der Waals surface area contributed by atoms with E-state index in [0.717, 1.165) is 0 Å². The number of alkyl halides is 1. The summed E-state index contributed by atoms with van der Waals surface area (Å²) < 4.78 is 4.93. The van der Waals surface area contributed by atoms with Crippen molar-refractivity contribution in [3.63, 3.8) is 0 Å². The number of nitrogens with zero attached hydrogens (tertiary/aromatic N) is 1. The molecule has 5 heteroatoms. The van der Waals surface area contributed by atoms with E-state index in [4.69, 9.17) is 21.6 Å². The molecule has 0 aliphatic carbocycles. The van der Waals surface area contributed by atoms with Crippen molar-refractivity contribution in [1.29, 1.82) is 5.26 Å². The largest absolute Gasteiger partial charge is 0.508 e. The second-order valence-corrected chi connectivity index (χ2v) is 3.01. The van der Waals surface area contributed by atoms with Crippen molar-refractivity contribution in [2.75, 3.05) is 13.0 Å². The number of Topliss-reactive ketones (excluding diaryl/α,β-unsaturated/α-hetero) is 1. The topological polar surface area (TPSA) is 70.3 Å². The lowest BCUT2D eigenvalue weighted by atomic mass is 10.1. The van der Waals surface area contributed by atoms with Gasteiger partial charge in [-0.2, -0.15) is 5.26 Å². The van der Waals surface area contributed by atoms with Gasteiger partial charge in [0.1, 0.15) is 17.6 Å². The highest BCUT2D eigenvalue weighted by Gasteiger charge is 2.16. The average Bonchev–Trinajstić information content (AvgIpc) is 2.26. The molecule has 0 unspecified atom stereocenters. The van der Waals surface area contributed by atoms with Gasteiger partial charge in [-0.05, 0) is 6.07 Å². The van der Waals surface area contributed by atoms with Gasteiger partial charge < -0.3 is 9.84 Å². The van der Waals surface area contributed by atoms with E-state index in [1.165, 1.54) is 19.2 Å². The van der Waals surface area contributed by atoms with Gasteiger partial charge in [-0.25, -0.2) is 0 Å². The number of hydrogen-bond donors (Lipinski definition) is 1. The first-order valence-electron chi connectivity index (χ1n) is 4.04. The summed E-state index contributed by atoms with van der Waals surface area (Å²) >= 11 is 5.39. The molecule has 0 aromatic heterocycles. The highest BCUT2D eigenvalue weighted by molar-refractivity contribution is 6.30. The van der Waals surface area contributed by atoms with Gasteiger partial charge in [-0.15, -0.1) is 11.6 Å². The molecule has 0 radical (unpaired) electrons. The van der Waals surface area contributed by atoms with Crippen molar-refractivity contribution in [1.82, 2.24) is 0 Å². The zero-order chi connectivity index (χ0) is 11.4. The van der Waals surface area contributed by atoms with Crippen LogP contribution >= 0.6 is 11.6 Å². The predicted octanol–water partition coefficient (Wildman–Crippen LogP) is 1.69. The number of phenols is 1. The Hall–Kier alpha value is -1.73. The van der Waals surface area contributed by atoms with Crippen LogP contribution < -0.4 is 4.74 Å². The number of phenolic OH excluding ortho intramolecular Hbond substituents is 1. The summed E-state index contributed by atoms with van der Waals surface area (Å²) in [6.45, 7) is 0. The van der Waals surface area contributed by atoms with Crippen LogP contribution in [-0.4, -0.2) is 23.9 Å². The van der Waals surface area contributed by atoms with Crippen LogP contribution in [0.5, 0.6) is 11.5 Å². The number of ether oxygens (including phenoxy) is 1. The number of carbonyl (C=O) groups excluding carboxylic acids is 1. The third kappa shape index (κ3) is 2.20. The summed E-state index contributed by atoms with van der Waals surface area (Å²) in [4.78, 5) is 11.4. The fourth-order valence-electron chi connectivity index (χ4n) is 1.20. The predicted molar refractivity (Wildman–Crippen MR) is 54.4 cm³/mol. The number of carbonyl (C=O) groups is 1. The van der Waals surface area contributed by atoms with Crippen molar-refractivity contribution in [3.05, 3.63) is 23.3 Å². The molecule has 0 spiro atoms. The van der Waals surface area contributed by atoms with Crippen LogP contribution in [0.3, 0.4) is 0 Å². The standard InChI is InChI=1S/C10H8ClNO3/c1-15-10-6(5-12)2-7(13)3-8(10)9(14)4-11/h2-3,13H,4H2,1H3. The average molecular weight is 226 g/mol. The van der Waals surface area contributed by atoms with E-state index in [0.29, 0.717) is 0 Å². The van der Waals surface area contributed by atoms with E-state index in [-0.39, 0.29) is 28.5 Å². The van der Waals surface area contributed by atoms with E-state index < -0.39 is 5.78 Å². The Kier molecular flexibility index (Phi) is 3.53. The number of ketones is 1. The van der Waals surface area contributed by atoms with Crippen LogP contribution in [0.15, 0.2) is 12.1 Å². The van der Waals surface area contributed by atoms with Gasteiger partial charge in [0.25, 0.3) is 0 Å². The maximum absolute atomic E-state index is 11.4. The summed E-state index contributed by atoms with van der Waals surface area (Å²) in [6, 6.07) is 4.28. The molecule has 15 heavy (non-hydrogen) atoms. The van der Waals surface area contributed by atoms with Gasteiger partial charge in [0.2, 0.25) is 0 Å². The molecule has 0 fully saturated rings. The van der Waals surface area contributed by atoms with Crippen LogP contribution in [0.25, 0.3) is 0 Å². The Morgan fingerprint density at radius 1 is 1.67 bits per heavy atom. The molecule has 1 N–H and O–H groups in total. The molecular weight excluding hydrogens is 218 g/mol. The van der Waals surface area contributed by atoms with Gasteiger partial charge in [0, 0.05) is 6.07 Å². The van der Waals surface area contributed by atoms with Crippen LogP contribution in [-0.2, 0) is 0 Å². The minimum Gasteiger partial charge on any atom is -0.508 e. The van der Waals surface area contributed by atoms with Gasteiger partial charge in [-0.3, -0.25) is 4.79 Å². The van der Waals surface area contributed by atoms with Crippen molar-refractivity contribution in [2.45, 2.75) is 0 Å². The van der Waals surface area contributed by atoms with E-state index >= 15 is 0 Å². The Morgan fingerprint density at radius 3 is 2.80 bits per heavy atom. The molecule has 0 amide bonds. The molecule has 0 atom stereocenters. The summed E-state index contributed by atoms with van der Waals surface area (Å²) in [5.41, 5.74) is 0.218. The lowest BCUT2D eigenvalue weighted by molar-refractivity contribution is 0.101. The number of halogens is 1.